The van der Waals surface area contributed by atoms with Crippen molar-refractivity contribution in [3.63, 3.8) is 0 Å². The lowest BCUT2D eigenvalue weighted by Crippen LogP contribution is -2.34. The molecule has 0 aliphatic carbocycles. The molecule has 23 heavy (non-hydrogen) atoms. The Balaban J connectivity index is 0.00000264. The first kappa shape index (κ1) is 20.0. The van der Waals surface area contributed by atoms with Gasteiger partial charge in [0, 0.05) is 19.5 Å². The average molecular weight is 339 g/mol. The first-order valence-electron chi connectivity index (χ1n) is 8.42. The average Bonchev–Trinajstić information content (AvgIpc) is 2.90. The van der Waals surface area contributed by atoms with E-state index in [2.05, 4.69) is 52.0 Å². The van der Waals surface area contributed by atoms with Crippen molar-refractivity contribution in [2.75, 3.05) is 19.6 Å². The van der Waals surface area contributed by atoms with Gasteiger partial charge >= 0.3 is 0 Å². The zero-order chi connectivity index (χ0) is 16.3. The summed E-state index contributed by atoms with van der Waals surface area (Å²) in [4.78, 5) is 14.5. The van der Waals surface area contributed by atoms with Gasteiger partial charge in [-0.3, -0.25) is 4.79 Å². The Labute approximate surface area is 147 Å². The topological polar surface area (TPSA) is 46.3 Å². The maximum absolute atomic E-state index is 12.5. The van der Waals surface area contributed by atoms with Crippen molar-refractivity contribution in [1.29, 1.82) is 0 Å². The molecular formula is C19H31ClN2O. The van der Waals surface area contributed by atoms with E-state index >= 15 is 0 Å². The zero-order valence-corrected chi connectivity index (χ0v) is 15.7. The molecular weight excluding hydrogens is 308 g/mol. The van der Waals surface area contributed by atoms with Crippen molar-refractivity contribution in [3.8, 4) is 0 Å². The van der Waals surface area contributed by atoms with Gasteiger partial charge in [0.05, 0.1) is 0 Å². The highest BCUT2D eigenvalue weighted by molar-refractivity contribution is 5.85. The number of likely N-dealkylation sites (tertiary alicyclic amines) is 1. The van der Waals surface area contributed by atoms with Gasteiger partial charge in [0.25, 0.3) is 0 Å². The fourth-order valence-electron chi connectivity index (χ4n) is 3.12. The molecule has 2 atom stereocenters. The normalized spacial score (nSPS) is 22.1. The molecule has 0 aromatic heterocycles. The lowest BCUT2D eigenvalue weighted by molar-refractivity contribution is -0.130. The molecule has 4 heteroatoms. The number of hydrogen-bond donors (Lipinski definition) is 1. The molecule has 1 fully saturated rings. The van der Waals surface area contributed by atoms with Crippen LogP contribution in [0, 0.1) is 5.41 Å². The van der Waals surface area contributed by atoms with Crippen molar-refractivity contribution < 1.29 is 4.79 Å². The third-order valence-electron chi connectivity index (χ3n) is 5.06. The number of carbonyl (C=O) groups is 1. The standard InChI is InChI=1S/C19H30N2O.ClH/c1-14(2)16-5-7-17(8-6-16)15(3)11-18(22)21-10-9-19(4,12-20)13-21;/h5-8,14-15H,9-13,20H2,1-4H3;1H. The molecule has 1 aliphatic rings. The summed E-state index contributed by atoms with van der Waals surface area (Å²) in [6.45, 7) is 11.0. The van der Waals surface area contributed by atoms with E-state index in [9.17, 15) is 4.79 Å². The van der Waals surface area contributed by atoms with Crippen molar-refractivity contribution in [3.05, 3.63) is 35.4 Å². The number of hydrogen-bond acceptors (Lipinski definition) is 2. The summed E-state index contributed by atoms with van der Waals surface area (Å²) in [6, 6.07) is 8.70. The highest BCUT2D eigenvalue weighted by Crippen LogP contribution is 2.30. The van der Waals surface area contributed by atoms with Crippen LogP contribution in [0.3, 0.4) is 0 Å². The highest BCUT2D eigenvalue weighted by atomic mass is 35.5. The first-order chi connectivity index (χ1) is 10.3. The summed E-state index contributed by atoms with van der Waals surface area (Å²) >= 11 is 0. The van der Waals surface area contributed by atoms with E-state index in [4.69, 9.17) is 5.73 Å². The highest BCUT2D eigenvalue weighted by Gasteiger charge is 2.35. The molecule has 2 rings (SSSR count). The summed E-state index contributed by atoms with van der Waals surface area (Å²) < 4.78 is 0. The van der Waals surface area contributed by atoms with Crippen LogP contribution in [0.1, 0.15) is 63.5 Å². The molecule has 2 unspecified atom stereocenters. The SMILES string of the molecule is CC(C)c1ccc(C(C)CC(=O)N2CCC(C)(CN)C2)cc1.Cl. The maximum Gasteiger partial charge on any atom is 0.223 e. The number of carbonyl (C=O) groups excluding carboxylic acids is 1. The molecule has 1 saturated heterocycles. The number of rotatable bonds is 5. The second kappa shape index (κ2) is 8.16. The van der Waals surface area contributed by atoms with E-state index in [0.717, 1.165) is 19.5 Å². The molecule has 130 valence electrons. The van der Waals surface area contributed by atoms with Crippen LogP contribution in [0.5, 0.6) is 0 Å². The fourth-order valence-corrected chi connectivity index (χ4v) is 3.12. The summed E-state index contributed by atoms with van der Waals surface area (Å²) in [5.74, 6) is 1.07. The fraction of sp³-hybridized carbons (Fsp3) is 0.632. The molecule has 1 aromatic rings. The molecule has 0 radical (unpaired) electrons. The van der Waals surface area contributed by atoms with Crippen LogP contribution >= 0.6 is 12.4 Å². The Hall–Kier alpha value is -1.06. The molecule has 2 N–H and O–H groups in total. The smallest absolute Gasteiger partial charge is 0.223 e. The Kier molecular flexibility index (Phi) is 7.09. The molecule has 1 amide bonds. The summed E-state index contributed by atoms with van der Waals surface area (Å²) in [6.07, 6.45) is 1.61. The number of benzene rings is 1. The molecule has 1 aliphatic heterocycles. The van der Waals surface area contributed by atoms with Crippen LogP contribution in [-0.4, -0.2) is 30.4 Å². The van der Waals surface area contributed by atoms with E-state index < -0.39 is 0 Å². The summed E-state index contributed by atoms with van der Waals surface area (Å²) in [5.41, 5.74) is 8.53. The minimum Gasteiger partial charge on any atom is -0.342 e. The van der Waals surface area contributed by atoms with Crippen molar-refractivity contribution >= 4 is 18.3 Å². The summed E-state index contributed by atoms with van der Waals surface area (Å²) in [5, 5.41) is 0. The minimum atomic E-state index is 0. The second-order valence-corrected chi connectivity index (χ2v) is 7.51. The second-order valence-electron chi connectivity index (χ2n) is 7.51. The van der Waals surface area contributed by atoms with Gasteiger partial charge in [-0.2, -0.15) is 0 Å². The number of halogens is 1. The van der Waals surface area contributed by atoms with E-state index in [1.807, 2.05) is 4.90 Å². The lowest BCUT2D eigenvalue weighted by atomic mass is 9.90. The molecule has 1 heterocycles. The van der Waals surface area contributed by atoms with Crippen LogP contribution in [0.4, 0.5) is 0 Å². The minimum absolute atomic E-state index is 0. The van der Waals surface area contributed by atoms with Gasteiger partial charge in [0.2, 0.25) is 5.91 Å². The Bertz CT molecular complexity index is 515. The predicted molar refractivity (Wildman–Crippen MR) is 99.2 cm³/mol. The van der Waals surface area contributed by atoms with E-state index in [1.54, 1.807) is 0 Å². The van der Waals surface area contributed by atoms with Crippen LogP contribution in [0.15, 0.2) is 24.3 Å². The molecule has 1 aromatic carbocycles. The third-order valence-corrected chi connectivity index (χ3v) is 5.06. The maximum atomic E-state index is 12.5. The van der Waals surface area contributed by atoms with Gasteiger partial charge in [-0.1, -0.05) is 52.0 Å². The van der Waals surface area contributed by atoms with Crippen LogP contribution < -0.4 is 5.73 Å². The van der Waals surface area contributed by atoms with Gasteiger partial charge in [-0.15, -0.1) is 12.4 Å². The zero-order valence-electron chi connectivity index (χ0n) is 14.8. The number of nitrogens with two attached hydrogens (primary N) is 1. The largest absolute Gasteiger partial charge is 0.342 e. The van der Waals surface area contributed by atoms with Crippen molar-refractivity contribution in [2.45, 2.75) is 52.4 Å². The Morgan fingerprint density at radius 2 is 1.78 bits per heavy atom. The third kappa shape index (κ3) is 4.95. The van der Waals surface area contributed by atoms with Crippen LogP contribution in [0.2, 0.25) is 0 Å². The number of nitrogens with zero attached hydrogens (tertiary/aromatic N) is 1. The predicted octanol–water partition coefficient (Wildman–Crippen LogP) is 3.92. The van der Waals surface area contributed by atoms with Gasteiger partial charge in [-0.25, -0.2) is 0 Å². The van der Waals surface area contributed by atoms with Gasteiger partial charge in [-0.05, 0) is 41.3 Å². The Morgan fingerprint density at radius 1 is 1.22 bits per heavy atom. The van der Waals surface area contributed by atoms with Gasteiger partial charge < -0.3 is 10.6 Å². The van der Waals surface area contributed by atoms with Gasteiger partial charge in [0.15, 0.2) is 0 Å². The molecule has 3 nitrogen and oxygen atoms in total. The molecule has 0 spiro atoms. The molecule has 0 bridgehead atoms. The van der Waals surface area contributed by atoms with E-state index in [-0.39, 0.29) is 29.6 Å². The van der Waals surface area contributed by atoms with E-state index in [1.165, 1.54) is 11.1 Å². The molecule has 0 saturated carbocycles. The van der Waals surface area contributed by atoms with Crippen molar-refractivity contribution in [1.82, 2.24) is 4.90 Å². The van der Waals surface area contributed by atoms with Crippen LogP contribution in [0.25, 0.3) is 0 Å². The quantitative estimate of drug-likeness (QED) is 0.884. The monoisotopic (exact) mass is 338 g/mol. The summed E-state index contributed by atoms with van der Waals surface area (Å²) in [7, 11) is 0. The van der Waals surface area contributed by atoms with E-state index in [0.29, 0.717) is 18.9 Å². The van der Waals surface area contributed by atoms with Crippen LogP contribution in [-0.2, 0) is 4.79 Å². The van der Waals surface area contributed by atoms with Crippen molar-refractivity contribution in [2.24, 2.45) is 11.1 Å². The lowest BCUT2D eigenvalue weighted by Gasteiger charge is -2.23. The van der Waals surface area contributed by atoms with Gasteiger partial charge in [0.1, 0.15) is 0 Å². The Morgan fingerprint density at radius 3 is 2.26 bits per heavy atom. The first-order valence-corrected chi connectivity index (χ1v) is 8.42. The number of amides is 1.